The zero-order valence-electron chi connectivity index (χ0n) is 12.1. The number of carbonyl (C=O) groups is 1. The topological polar surface area (TPSA) is 76.2 Å². The molecule has 1 amide bonds. The van der Waals surface area contributed by atoms with Crippen molar-refractivity contribution < 1.29 is 4.79 Å². The van der Waals surface area contributed by atoms with Gasteiger partial charge in [-0.05, 0) is 33.7 Å². The first kappa shape index (κ1) is 13.9. The number of anilines is 1. The van der Waals surface area contributed by atoms with E-state index >= 15 is 0 Å². The van der Waals surface area contributed by atoms with E-state index < -0.39 is 0 Å². The fourth-order valence-electron chi connectivity index (χ4n) is 2.25. The second kappa shape index (κ2) is 5.21. The SMILES string of the molecule is Cc1nn(C)c(C(=O)NCC(C)N(C)C2CC2)c1N. The van der Waals surface area contributed by atoms with Crippen molar-refractivity contribution in [1.29, 1.82) is 0 Å². The second-order valence-electron chi connectivity index (χ2n) is 5.43. The molecule has 6 nitrogen and oxygen atoms in total. The average Bonchev–Trinajstić information content (AvgIpc) is 3.15. The van der Waals surface area contributed by atoms with Crippen LogP contribution in [0.4, 0.5) is 5.69 Å². The standard InChI is InChI=1S/C13H23N5O/c1-8(17(3)10-5-6-10)7-15-13(19)12-11(14)9(2)16-18(12)4/h8,10H,5-7,14H2,1-4H3,(H,15,19). The summed E-state index contributed by atoms with van der Waals surface area (Å²) in [5, 5.41) is 7.09. The number of nitrogens with one attached hydrogen (secondary N) is 1. The summed E-state index contributed by atoms with van der Waals surface area (Å²) in [5.41, 5.74) is 7.47. The molecular formula is C13H23N5O. The summed E-state index contributed by atoms with van der Waals surface area (Å²) in [6.07, 6.45) is 2.53. The molecular weight excluding hydrogens is 242 g/mol. The van der Waals surface area contributed by atoms with Crippen LogP contribution < -0.4 is 11.1 Å². The van der Waals surface area contributed by atoms with Gasteiger partial charge in [-0.25, -0.2) is 0 Å². The molecule has 1 saturated carbocycles. The monoisotopic (exact) mass is 265 g/mol. The maximum atomic E-state index is 12.1. The normalized spacial score (nSPS) is 16.7. The molecule has 3 N–H and O–H groups in total. The highest BCUT2D eigenvalue weighted by atomic mass is 16.2. The van der Waals surface area contributed by atoms with Crippen LogP contribution in [-0.4, -0.2) is 46.3 Å². The Morgan fingerprint density at radius 3 is 2.74 bits per heavy atom. The minimum absolute atomic E-state index is 0.156. The summed E-state index contributed by atoms with van der Waals surface area (Å²) in [4.78, 5) is 14.5. The van der Waals surface area contributed by atoms with Gasteiger partial charge < -0.3 is 11.1 Å². The van der Waals surface area contributed by atoms with Gasteiger partial charge >= 0.3 is 0 Å². The molecule has 0 spiro atoms. The van der Waals surface area contributed by atoms with Crippen LogP contribution in [0.2, 0.25) is 0 Å². The number of likely N-dealkylation sites (N-methyl/N-ethyl adjacent to an activating group) is 1. The van der Waals surface area contributed by atoms with Crippen molar-refractivity contribution >= 4 is 11.6 Å². The minimum Gasteiger partial charge on any atom is -0.395 e. The number of amides is 1. The predicted molar refractivity (Wildman–Crippen MR) is 74.9 cm³/mol. The van der Waals surface area contributed by atoms with Crippen LogP contribution in [0.3, 0.4) is 0 Å². The molecule has 2 rings (SSSR count). The lowest BCUT2D eigenvalue weighted by molar-refractivity contribution is 0.0931. The summed E-state index contributed by atoms with van der Waals surface area (Å²) >= 11 is 0. The van der Waals surface area contributed by atoms with E-state index in [0.717, 1.165) is 0 Å². The van der Waals surface area contributed by atoms with Gasteiger partial charge in [-0.1, -0.05) is 0 Å². The molecule has 19 heavy (non-hydrogen) atoms. The van der Waals surface area contributed by atoms with E-state index in [1.165, 1.54) is 17.5 Å². The maximum Gasteiger partial charge on any atom is 0.271 e. The van der Waals surface area contributed by atoms with Gasteiger partial charge in [0.2, 0.25) is 0 Å². The van der Waals surface area contributed by atoms with Gasteiger partial charge in [0.05, 0.1) is 11.4 Å². The van der Waals surface area contributed by atoms with Gasteiger partial charge in [-0.2, -0.15) is 5.10 Å². The van der Waals surface area contributed by atoms with E-state index in [-0.39, 0.29) is 5.91 Å². The number of aryl methyl sites for hydroxylation is 2. The number of nitrogen functional groups attached to an aromatic ring is 1. The van der Waals surface area contributed by atoms with Crippen LogP contribution in [0, 0.1) is 6.92 Å². The summed E-state index contributed by atoms with van der Waals surface area (Å²) in [5.74, 6) is -0.156. The summed E-state index contributed by atoms with van der Waals surface area (Å²) in [6.45, 7) is 4.54. The van der Waals surface area contributed by atoms with Crippen molar-refractivity contribution in [2.24, 2.45) is 7.05 Å². The van der Waals surface area contributed by atoms with Gasteiger partial charge in [-0.15, -0.1) is 0 Å². The Morgan fingerprint density at radius 1 is 1.63 bits per heavy atom. The van der Waals surface area contributed by atoms with Crippen LogP contribution in [-0.2, 0) is 7.05 Å². The molecule has 1 aromatic rings. The van der Waals surface area contributed by atoms with E-state index in [2.05, 4.69) is 29.3 Å². The average molecular weight is 265 g/mol. The van der Waals surface area contributed by atoms with E-state index in [1.807, 2.05) is 0 Å². The van der Waals surface area contributed by atoms with Crippen LogP contribution in [0.15, 0.2) is 0 Å². The van der Waals surface area contributed by atoms with Crippen molar-refractivity contribution in [2.75, 3.05) is 19.3 Å². The number of hydrogen-bond donors (Lipinski definition) is 2. The number of hydrogen-bond acceptors (Lipinski definition) is 4. The second-order valence-corrected chi connectivity index (χ2v) is 5.43. The van der Waals surface area contributed by atoms with Gasteiger partial charge in [0.25, 0.3) is 5.91 Å². The summed E-state index contributed by atoms with van der Waals surface area (Å²) < 4.78 is 1.54. The predicted octanol–water partition coefficient (Wildman–Crippen LogP) is 0.523. The molecule has 1 heterocycles. The third kappa shape index (κ3) is 2.89. The van der Waals surface area contributed by atoms with Crippen molar-refractivity contribution in [1.82, 2.24) is 20.0 Å². The molecule has 1 unspecified atom stereocenters. The molecule has 1 aliphatic rings. The molecule has 0 aliphatic heterocycles. The van der Waals surface area contributed by atoms with E-state index in [1.54, 1.807) is 14.0 Å². The number of nitrogens with two attached hydrogens (primary N) is 1. The zero-order valence-corrected chi connectivity index (χ0v) is 12.1. The highest BCUT2D eigenvalue weighted by Gasteiger charge is 2.29. The molecule has 1 aromatic heterocycles. The minimum atomic E-state index is -0.156. The fourth-order valence-corrected chi connectivity index (χ4v) is 2.25. The molecule has 1 aliphatic carbocycles. The smallest absolute Gasteiger partial charge is 0.271 e. The lowest BCUT2D eigenvalue weighted by Crippen LogP contribution is -2.41. The molecule has 1 fully saturated rings. The summed E-state index contributed by atoms with van der Waals surface area (Å²) in [7, 11) is 3.84. The van der Waals surface area contributed by atoms with Crippen LogP contribution in [0.1, 0.15) is 35.9 Å². The molecule has 0 radical (unpaired) electrons. The molecule has 0 saturated heterocycles. The van der Waals surface area contributed by atoms with Crippen LogP contribution >= 0.6 is 0 Å². The number of rotatable bonds is 5. The van der Waals surface area contributed by atoms with Gasteiger partial charge in [-0.3, -0.25) is 14.4 Å². The van der Waals surface area contributed by atoms with Crippen LogP contribution in [0.5, 0.6) is 0 Å². The van der Waals surface area contributed by atoms with Crippen molar-refractivity contribution in [3.05, 3.63) is 11.4 Å². The number of aromatic nitrogens is 2. The third-order valence-electron chi connectivity index (χ3n) is 3.86. The van der Waals surface area contributed by atoms with Crippen molar-refractivity contribution in [3.8, 4) is 0 Å². The Bertz CT molecular complexity index is 478. The van der Waals surface area contributed by atoms with E-state index in [0.29, 0.717) is 35.7 Å². The first-order valence-electron chi connectivity index (χ1n) is 6.71. The zero-order chi connectivity index (χ0) is 14.2. The first-order valence-corrected chi connectivity index (χ1v) is 6.71. The molecule has 0 bridgehead atoms. The highest BCUT2D eigenvalue weighted by Crippen LogP contribution is 2.26. The van der Waals surface area contributed by atoms with E-state index in [4.69, 9.17) is 5.73 Å². The number of carbonyl (C=O) groups excluding carboxylic acids is 1. The van der Waals surface area contributed by atoms with Crippen molar-refractivity contribution in [3.63, 3.8) is 0 Å². The summed E-state index contributed by atoms with van der Waals surface area (Å²) in [6, 6.07) is 1.02. The lowest BCUT2D eigenvalue weighted by atomic mass is 10.2. The molecule has 0 aromatic carbocycles. The Balaban J connectivity index is 1.93. The Hall–Kier alpha value is -1.56. The molecule has 6 heteroatoms. The van der Waals surface area contributed by atoms with Gasteiger partial charge in [0, 0.05) is 25.7 Å². The maximum absolute atomic E-state index is 12.1. The molecule has 1 atom stereocenters. The first-order chi connectivity index (χ1) is 8.91. The van der Waals surface area contributed by atoms with Crippen LogP contribution in [0.25, 0.3) is 0 Å². The van der Waals surface area contributed by atoms with Gasteiger partial charge in [0.1, 0.15) is 5.69 Å². The largest absolute Gasteiger partial charge is 0.395 e. The Labute approximate surface area is 113 Å². The molecule has 106 valence electrons. The number of nitrogens with zero attached hydrogens (tertiary/aromatic N) is 3. The van der Waals surface area contributed by atoms with E-state index in [9.17, 15) is 4.79 Å². The Morgan fingerprint density at radius 2 is 2.26 bits per heavy atom. The highest BCUT2D eigenvalue weighted by molar-refractivity contribution is 5.97. The quantitative estimate of drug-likeness (QED) is 0.814. The van der Waals surface area contributed by atoms with Gasteiger partial charge in [0.15, 0.2) is 0 Å². The Kier molecular flexibility index (Phi) is 3.80. The third-order valence-corrected chi connectivity index (χ3v) is 3.86. The lowest BCUT2D eigenvalue weighted by Gasteiger charge is -2.24. The fraction of sp³-hybridized carbons (Fsp3) is 0.692. The van der Waals surface area contributed by atoms with Crippen molar-refractivity contribution in [2.45, 2.75) is 38.8 Å².